The zero-order chi connectivity index (χ0) is 18.6. The summed E-state index contributed by atoms with van der Waals surface area (Å²) in [5.41, 5.74) is 1.80. The maximum Gasteiger partial charge on any atom is 0.269 e. The Morgan fingerprint density at radius 3 is 2.65 bits per heavy atom. The van der Waals surface area contributed by atoms with E-state index in [9.17, 15) is 13.2 Å². The smallest absolute Gasteiger partial charge is 0.269 e. The number of sulfonamides is 1. The van der Waals surface area contributed by atoms with Gasteiger partial charge in [0.1, 0.15) is 5.69 Å². The lowest BCUT2D eigenvalue weighted by atomic mass is 10.1. The van der Waals surface area contributed by atoms with E-state index in [2.05, 4.69) is 31.4 Å². The molecule has 2 N–H and O–H groups in total. The highest BCUT2D eigenvalue weighted by molar-refractivity contribution is 9.10. The molecule has 10 heteroatoms. The number of hydrogen-bond donors (Lipinski definition) is 2. The molecule has 1 amide bonds. The Hall–Kier alpha value is -1.75. The molecule has 0 atom stereocenters. The molecule has 140 valence electrons. The van der Waals surface area contributed by atoms with Gasteiger partial charge in [-0.05, 0) is 18.2 Å². The lowest BCUT2D eigenvalue weighted by Crippen LogP contribution is -2.43. The molecule has 1 saturated heterocycles. The predicted molar refractivity (Wildman–Crippen MR) is 100 cm³/mol. The molecule has 0 spiro atoms. The quantitative estimate of drug-likeness (QED) is 0.699. The number of benzene rings is 1. The van der Waals surface area contributed by atoms with Crippen molar-refractivity contribution in [3.63, 3.8) is 0 Å². The summed E-state index contributed by atoms with van der Waals surface area (Å²) in [6.45, 7) is 1.54. The normalized spacial score (nSPS) is 15.7. The third kappa shape index (κ3) is 4.70. The van der Waals surface area contributed by atoms with Crippen molar-refractivity contribution < 1.29 is 17.9 Å². The Morgan fingerprint density at radius 2 is 1.96 bits per heavy atom. The molecule has 1 fully saturated rings. The molecule has 3 rings (SSSR count). The average molecular weight is 443 g/mol. The van der Waals surface area contributed by atoms with E-state index in [4.69, 9.17) is 4.74 Å². The monoisotopic (exact) mass is 442 g/mol. The average Bonchev–Trinajstić information content (AvgIpc) is 3.13. The van der Waals surface area contributed by atoms with Crippen molar-refractivity contribution in [1.82, 2.24) is 19.8 Å². The Balaban J connectivity index is 1.54. The van der Waals surface area contributed by atoms with E-state index in [1.54, 1.807) is 6.07 Å². The number of ether oxygens (including phenoxy) is 1. The van der Waals surface area contributed by atoms with Gasteiger partial charge in [0.15, 0.2) is 0 Å². The summed E-state index contributed by atoms with van der Waals surface area (Å²) in [5, 5.41) is 9.42. The number of halogens is 1. The lowest BCUT2D eigenvalue weighted by Gasteiger charge is -2.25. The van der Waals surface area contributed by atoms with Gasteiger partial charge in [0.25, 0.3) is 5.91 Å². The van der Waals surface area contributed by atoms with Crippen LogP contribution in [0, 0.1) is 0 Å². The maximum absolute atomic E-state index is 12.2. The van der Waals surface area contributed by atoms with Gasteiger partial charge in [-0.3, -0.25) is 9.89 Å². The molecule has 0 saturated carbocycles. The molecule has 2 aromatic rings. The second kappa shape index (κ2) is 8.30. The zero-order valence-corrected chi connectivity index (χ0v) is 16.3. The number of morpholine rings is 1. The Morgan fingerprint density at radius 1 is 1.27 bits per heavy atom. The van der Waals surface area contributed by atoms with Crippen LogP contribution in [0.5, 0.6) is 0 Å². The molecule has 1 aromatic heterocycles. The third-order valence-corrected chi connectivity index (χ3v) is 6.37. The summed E-state index contributed by atoms with van der Waals surface area (Å²) in [6.07, 6.45) is 0. The number of carbonyl (C=O) groups excluding carboxylic acids is 1. The van der Waals surface area contributed by atoms with Crippen molar-refractivity contribution in [2.75, 3.05) is 38.6 Å². The number of aromatic nitrogens is 2. The van der Waals surface area contributed by atoms with Gasteiger partial charge in [-0.1, -0.05) is 28.1 Å². The van der Waals surface area contributed by atoms with Gasteiger partial charge < -0.3 is 10.1 Å². The van der Waals surface area contributed by atoms with Crippen molar-refractivity contribution in [2.24, 2.45) is 0 Å². The van der Waals surface area contributed by atoms with E-state index in [-0.39, 0.29) is 18.0 Å². The van der Waals surface area contributed by atoms with Crippen LogP contribution in [0.3, 0.4) is 0 Å². The molecule has 0 aliphatic carbocycles. The first-order chi connectivity index (χ1) is 12.5. The number of rotatable bonds is 6. The lowest BCUT2D eigenvalue weighted by molar-refractivity contribution is 0.0730. The van der Waals surface area contributed by atoms with E-state index in [0.717, 1.165) is 10.0 Å². The summed E-state index contributed by atoms with van der Waals surface area (Å²) in [6, 6.07) is 9.18. The van der Waals surface area contributed by atoms with Crippen LogP contribution in [-0.4, -0.2) is 67.4 Å². The van der Waals surface area contributed by atoms with Crippen LogP contribution in [0.15, 0.2) is 34.8 Å². The summed E-state index contributed by atoms with van der Waals surface area (Å²) in [5.74, 6) is -0.537. The highest BCUT2D eigenvalue weighted by atomic mass is 79.9. The van der Waals surface area contributed by atoms with E-state index >= 15 is 0 Å². The summed E-state index contributed by atoms with van der Waals surface area (Å²) >= 11 is 3.37. The van der Waals surface area contributed by atoms with Gasteiger partial charge in [-0.25, -0.2) is 8.42 Å². The fraction of sp³-hybridized carbons (Fsp3) is 0.375. The van der Waals surface area contributed by atoms with Gasteiger partial charge in [0.05, 0.1) is 24.7 Å². The molecule has 1 aliphatic rings. The van der Waals surface area contributed by atoms with Crippen molar-refractivity contribution in [2.45, 2.75) is 0 Å². The van der Waals surface area contributed by atoms with Crippen molar-refractivity contribution in [1.29, 1.82) is 0 Å². The first-order valence-corrected chi connectivity index (χ1v) is 10.5. The number of nitrogens with one attached hydrogen (secondary N) is 2. The van der Waals surface area contributed by atoms with E-state index < -0.39 is 15.9 Å². The van der Waals surface area contributed by atoms with Crippen molar-refractivity contribution >= 4 is 31.9 Å². The second-order valence-electron chi connectivity index (χ2n) is 5.76. The molecule has 0 bridgehead atoms. The van der Waals surface area contributed by atoms with E-state index in [1.165, 1.54) is 4.31 Å². The minimum atomic E-state index is -3.39. The van der Waals surface area contributed by atoms with Crippen molar-refractivity contribution in [3.05, 3.63) is 40.5 Å². The molecule has 2 heterocycles. The Bertz CT molecular complexity index is 861. The number of carbonyl (C=O) groups is 1. The van der Waals surface area contributed by atoms with Gasteiger partial charge in [0.2, 0.25) is 10.0 Å². The largest absolute Gasteiger partial charge is 0.379 e. The first-order valence-electron chi connectivity index (χ1n) is 8.11. The number of nitrogens with zero attached hydrogens (tertiary/aromatic N) is 2. The third-order valence-electron chi connectivity index (χ3n) is 3.97. The molecular formula is C16H19BrN4O4S. The van der Waals surface area contributed by atoms with E-state index in [0.29, 0.717) is 32.0 Å². The minimum absolute atomic E-state index is 0.0329. The Kier molecular flexibility index (Phi) is 6.07. The Labute approximate surface area is 160 Å². The van der Waals surface area contributed by atoms with Crippen LogP contribution in [0.1, 0.15) is 10.5 Å². The van der Waals surface area contributed by atoms with Crippen molar-refractivity contribution in [3.8, 4) is 11.3 Å². The molecule has 26 heavy (non-hydrogen) atoms. The molecule has 0 radical (unpaired) electrons. The standard InChI is InChI=1S/C16H19BrN4O4S/c17-13-3-1-12(2-4-13)14-11-15(20-19-14)16(22)18-5-10-26(23,24)21-6-8-25-9-7-21/h1-4,11H,5-10H2,(H,18,22)(H,19,20). The highest BCUT2D eigenvalue weighted by Gasteiger charge is 2.24. The van der Waals surface area contributed by atoms with Crippen LogP contribution >= 0.6 is 15.9 Å². The zero-order valence-electron chi connectivity index (χ0n) is 13.9. The molecule has 1 aromatic carbocycles. The topological polar surface area (TPSA) is 104 Å². The highest BCUT2D eigenvalue weighted by Crippen LogP contribution is 2.20. The maximum atomic E-state index is 12.2. The van der Waals surface area contributed by atoms with E-state index in [1.807, 2.05) is 24.3 Å². The van der Waals surface area contributed by atoms with Gasteiger partial charge in [-0.2, -0.15) is 9.40 Å². The fourth-order valence-electron chi connectivity index (χ4n) is 2.55. The van der Waals surface area contributed by atoms with Crippen LogP contribution in [0.25, 0.3) is 11.3 Å². The molecule has 0 unspecified atom stereocenters. The summed E-state index contributed by atoms with van der Waals surface area (Å²) in [7, 11) is -3.39. The number of amides is 1. The number of aromatic amines is 1. The second-order valence-corrected chi connectivity index (χ2v) is 8.76. The van der Waals surface area contributed by atoms with Gasteiger partial charge in [0, 0.05) is 29.7 Å². The minimum Gasteiger partial charge on any atom is -0.379 e. The summed E-state index contributed by atoms with van der Waals surface area (Å²) in [4.78, 5) is 12.2. The number of hydrogen-bond acceptors (Lipinski definition) is 5. The molecule has 1 aliphatic heterocycles. The van der Waals surface area contributed by atoms with Gasteiger partial charge in [-0.15, -0.1) is 0 Å². The predicted octanol–water partition coefficient (Wildman–Crippen LogP) is 1.23. The van der Waals surface area contributed by atoms with Crippen LogP contribution in [0.4, 0.5) is 0 Å². The molecular weight excluding hydrogens is 424 g/mol. The summed E-state index contributed by atoms with van der Waals surface area (Å²) < 4.78 is 31.9. The van der Waals surface area contributed by atoms with Crippen LogP contribution in [-0.2, 0) is 14.8 Å². The van der Waals surface area contributed by atoms with Crippen LogP contribution < -0.4 is 5.32 Å². The number of H-pyrrole nitrogens is 1. The van der Waals surface area contributed by atoms with Crippen LogP contribution in [0.2, 0.25) is 0 Å². The fourth-order valence-corrected chi connectivity index (χ4v) is 4.14. The first kappa shape index (κ1) is 19.0. The SMILES string of the molecule is O=C(NCCS(=O)(=O)N1CCOCC1)c1cc(-c2ccc(Br)cc2)n[nH]1. The molecule has 8 nitrogen and oxygen atoms in total. The van der Waals surface area contributed by atoms with Gasteiger partial charge >= 0.3 is 0 Å².